The van der Waals surface area contributed by atoms with Crippen molar-refractivity contribution in [1.82, 2.24) is 0 Å². The Bertz CT molecular complexity index is 410. The second-order valence-electron chi connectivity index (χ2n) is 3.21. The van der Waals surface area contributed by atoms with Gasteiger partial charge in [0.05, 0.1) is 7.11 Å². The lowest BCUT2D eigenvalue weighted by molar-refractivity contribution is 0.413. The lowest BCUT2D eigenvalue weighted by atomic mass is 10.0. The smallest absolute Gasteiger partial charge is 0.133 e. The molecular weight excluding hydrogens is 184 g/mol. The molecule has 1 nitrogen and oxygen atoms in total. The van der Waals surface area contributed by atoms with Crippen LogP contribution in [-0.2, 0) is 6.42 Å². The number of methoxy groups -OCH3 is 1. The van der Waals surface area contributed by atoms with E-state index >= 15 is 0 Å². The van der Waals surface area contributed by atoms with E-state index in [0.29, 0.717) is 0 Å². The zero-order valence-corrected chi connectivity index (χ0v) is 9.34. The van der Waals surface area contributed by atoms with Gasteiger partial charge in [-0.1, -0.05) is 26.2 Å². The van der Waals surface area contributed by atoms with Crippen molar-refractivity contribution in [1.29, 1.82) is 0 Å². The molecule has 0 amide bonds. The number of hydrogen-bond donors (Lipinski definition) is 0. The maximum atomic E-state index is 5.35. The molecule has 1 rings (SSSR count). The van der Waals surface area contributed by atoms with Crippen molar-refractivity contribution in [2.24, 2.45) is 0 Å². The Morgan fingerprint density at radius 1 is 1.40 bits per heavy atom. The predicted molar refractivity (Wildman–Crippen MR) is 66.1 cm³/mol. The molecule has 0 fully saturated rings. The third-order valence-electron chi connectivity index (χ3n) is 2.30. The molecule has 0 bridgehead atoms. The minimum atomic E-state index is 0.832. The second-order valence-corrected chi connectivity index (χ2v) is 3.21. The Morgan fingerprint density at radius 3 is 2.53 bits per heavy atom. The molecule has 1 heteroatoms. The zero-order chi connectivity index (χ0) is 11.3. The van der Waals surface area contributed by atoms with Gasteiger partial charge in [-0.05, 0) is 30.2 Å². The summed E-state index contributed by atoms with van der Waals surface area (Å²) in [5.41, 5.74) is 6.04. The molecule has 0 radical (unpaired) electrons. The fourth-order valence-electron chi connectivity index (χ4n) is 1.55. The van der Waals surface area contributed by atoms with Gasteiger partial charge in [-0.3, -0.25) is 0 Å². The van der Waals surface area contributed by atoms with Crippen molar-refractivity contribution < 1.29 is 4.74 Å². The van der Waals surface area contributed by atoms with E-state index < -0.39 is 0 Å². The molecule has 78 valence electrons. The summed E-state index contributed by atoms with van der Waals surface area (Å²) in [4.78, 5) is 0. The molecule has 0 aliphatic rings. The van der Waals surface area contributed by atoms with Gasteiger partial charge in [0, 0.05) is 11.1 Å². The lowest BCUT2D eigenvalue weighted by Crippen LogP contribution is -1.93. The SMILES string of the molecule is C=C=Cc1cc(CC)cc(C=C)c1OC. The van der Waals surface area contributed by atoms with Crippen LogP contribution in [-0.4, -0.2) is 7.11 Å². The molecule has 0 N–H and O–H groups in total. The summed E-state index contributed by atoms with van der Waals surface area (Å²) in [6, 6.07) is 4.18. The normalized spacial score (nSPS) is 9.20. The van der Waals surface area contributed by atoms with Gasteiger partial charge in [0.25, 0.3) is 0 Å². The van der Waals surface area contributed by atoms with E-state index in [-0.39, 0.29) is 0 Å². The van der Waals surface area contributed by atoms with Gasteiger partial charge < -0.3 is 4.74 Å². The number of aryl methyl sites for hydroxylation is 1. The summed E-state index contributed by atoms with van der Waals surface area (Å²) in [5, 5.41) is 0. The van der Waals surface area contributed by atoms with Gasteiger partial charge in [0.1, 0.15) is 5.75 Å². The van der Waals surface area contributed by atoms with Crippen LogP contribution in [0.25, 0.3) is 12.2 Å². The molecule has 0 saturated heterocycles. The topological polar surface area (TPSA) is 9.23 Å². The number of rotatable bonds is 4. The average Bonchev–Trinajstić information content (AvgIpc) is 2.28. The summed E-state index contributed by atoms with van der Waals surface area (Å²) in [6.45, 7) is 9.49. The van der Waals surface area contributed by atoms with Crippen LogP contribution in [0.5, 0.6) is 5.75 Å². The average molecular weight is 200 g/mol. The largest absolute Gasteiger partial charge is 0.495 e. The first kappa shape index (κ1) is 11.4. The molecule has 0 aromatic heterocycles. The van der Waals surface area contributed by atoms with Gasteiger partial charge in [-0.15, -0.1) is 5.73 Å². The van der Waals surface area contributed by atoms with E-state index in [1.165, 1.54) is 5.56 Å². The van der Waals surface area contributed by atoms with Gasteiger partial charge >= 0.3 is 0 Å². The van der Waals surface area contributed by atoms with E-state index in [4.69, 9.17) is 4.74 Å². The predicted octanol–water partition coefficient (Wildman–Crippen LogP) is 3.70. The summed E-state index contributed by atoms with van der Waals surface area (Å²) in [7, 11) is 1.66. The van der Waals surface area contributed by atoms with E-state index in [2.05, 4.69) is 37.9 Å². The first-order valence-corrected chi connectivity index (χ1v) is 4.96. The second kappa shape index (κ2) is 5.23. The lowest BCUT2D eigenvalue weighted by Gasteiger charge is -2.10. The Hall–Kier alpha value is -1.72. The molecule has 0 aliphatic carbocycles. The highest BCUT2D eigenvalue weighted by atomic mass is 16.5. The standard InChI is InChI=1S/C14H16O/c1-5-8-13-10-11(6-2)9-12(7-3)14(13)15-4/h7-10H,1,3,6H2,2,4H3. The van der Waals surface area contributed by atoms with Crippen molar-refractivity contribution in [2.45, 2.75) is 13.3 Å². The maximum absolute atomic E-state index is 5.35. The summed E-state index contributed by atoms with van der Waals surface area (Å²) in [6.07, 6.45) is 4.62. The quantitative estimate of drug-likeness (QED) is 0.673. The van der Waals surface area contributed by atoms with Crippen molar-refractivity contribution >= 4 is 12.2 Å². The minimum Gasteiger partial charge on any atom is -0.495 e. The van der Waals surface area contributed by atoms with Crippen LogP contribution in [0.3, 0.4) is 0 Å². The van der Waals surface area contributed by atoms with Gasteiger partial charge in [0.2, 0.25) is 0 Å². The van der Waals surface area contributed by atoms with Crippen molar-refractivity contribution in [3.63, 3.8) is 0 Å². The highest BCUT2D eigenvalue weighted by molar-refractivity contribution is 5.68. The third-order valence-corrected chi connectivity index (χ3v) is 2.30. The van der Waals surface area contributed by atoms with Crippen LogP contribution in [0.1, 0.15) is 23.6 Å². The third kappa shape index (κ3) is 2.39. The highest BCUT2D eigenvalue weighted by Gasteiger charge is 2.06. The minimum absolute atomic E-state index is 0.832. The number of benzene rings is 1. The Kier molecular flexibility index (Phi) is 3.96. The molecule has 0 unspecified atom stereocenters. The van der Waals surface area contributed by atoms with E-state index in [9.17, 15) is 0 Å². The van der Waals surface area contributed by atoms with E-state index in [0.717, 1.165) is 23.3 Å². The number of ether oxygens (including phenoxy) is 1. The van der Waals surface area contributed by atoms with Crippen molar-refractivity contribution in [3.05, 3.63) is 47.7 Å². The number of hydrogen-bond acceptors (Lipinski definition) is 1. The molecule has 0 saturated carbocycles. The Morgan fingerprint density at radius 2 is 2.07 bits per heavy atom. The Labute approximate surface area is 91.4 Å². The van der Waals surface area contributed by atoms with E-state index in [1.807, 2.05) is 6.08 Å². The van der Waals surface area contributed by atoms with Gasteiger partial charge in [-0.2, -0.15) is 0 Å². The maximum Gasteiger partial charge on any atom is 0.133 e. The fourth-order valence-corrected chi connectivity index (χ4v) is 1.55. The van der Waals surface area contributed by atoms with Crippen LogP contribution in [0, 0.1) is 0 Å². The molecule has 1 aromatic rings. The first-order valence-electron chi connectivity index (χ1n) is 4.96. The molecule has 0 atom stereocenters. The first-order chi connectivity index (χ1) is 7.26. The summed E-state index contributed by atoms with van der Waals surface area (Å²) in [5.74, 6) is 0.832. The Balaban J connectivity index is 3.44. The van der Waals surface area contributed by atoms with Crippen LogP contribution in [0.2, 0.25) is 0 Å². The van der Waals surface area contributed by atoms with Crippen LogP contribution in [0.4, 0.5) is 0 Å². The van der Waals surface area contributed by atoms with Crippen LogP contribution >= 0.6 is 0 Å². The van der Waals surface area contributed by atoms with E-state index in [1.54, 1.807) is 13.2 Å². The molecule has 15 heavy (non-hydrogen) atoms. The van der Waals surface area contributed by atoms with Crippen molar-refractivity contribution in [2.75, 3.05) is 7.11 Å². The summed E-state index contributed by atoms with van der Waals surface area (Å²) >= 11 is 0. The molecule has 0 aliphatic heterocycles. The highest BCUT2D eigenvalue weighted by Crippen LogP contribution is 2.28. The van der Waals surface area contributed by atoms with Crippen LogP contribution < -0.4 is 4.74 Å². The molecule has 0 spiro atoms. The fraction of sp³-hybridized carbons (Fsp3) is 0.214. The zero-order valence-electron chi connectivity index (χ0n) is 9.34. The van der Waals surface area contributed by atoms with Gasteiger partial charge in [0.15, 0.2) is 0 Å². The van der Waals surface area contributed by atoms with Crippen molar-refractivity contribution in [3.8, 4) is 5.75 Å². The molecule has 0 heterocycles. The molecular formula is C14H16O. The summed E-state index contributed by atoms with van der Waals surface area (Å²) < 4.78 is 5.35. The van der Waals surface area contributed by atoms with Gasteiger partial charge in [-0.25, -0.2) is 0 Å². The van der Waals surface area contributed by atoms with Crippen LogP contribution in [0.15, 0.2) is 31.0 Å². The monoisotopic (exact) mass is 200 g/mol. The molecule has 1 aromatic carbocycles.